The molecule has 0 aliphatic carbocycles. The van der Waals surface area contributed by atoms with Gasteiger partial charge in [0.05, 0.1) is 0 Å². The van der Waals surface area contributed by atoms with Crippen LogP contribution >= 0.6 is 15.9 Å². The molecule has 6 heteroatoms. The summed E-state index contributed by atoms with van der Waals surface area (Å²) in [6, 6.07) is 16.7. The van der Waals surface area contributed by atoms with Crippen LogP contribution in [0.4, 0.5) is 0 Å². The van der Waals surface area contributed by atoms with Crippen LogP contribution in [0.25, 0.3) is 0 Å². The first kappa shape index (κ1) is 19.9. The van der Waals surface area contributed by atoms with E-state index < -0.39 is 0 Å². The number of carbonyl (C=O) groups is 1. The molecule has 0 spiro atoms. The lowest BCUT2D eigenvalue weighted by molar-refractivity contribution is 0.0950. The van der Waals surface area contributed by atoms with E-state index in [1.54, 1.807) is 12.1 Å². The highest BCUT2D eigenvalue weighted by Gasteiger charge is 2.09. The summed E-state index contributed by atoms with van der Waals surface area (Å²) >= 11 is 3.41. The van der Waals surface area contributed by atoms with Gasteiger partial charge in [0, 0.05) is 27.8 Å². The predicted octanol–water partition coefficient (Wildman–Crippen LogP) is 4.26. The van der Waals surface area contributed by atoms with E-state index in [2.05, 4.69) is 26.2 Å². The van der Waals surface area contributed by atoms with Crippen molar-refractivity contribution in [1.29, 1.82) is 0 Å². The second-order valence-corrected chi connectivity index (χ2v) is 7.48. The van der Waals surface area contributed by atoms with E-state index in [9.17, 15) is 9.59 Å². The maximum absolute atomic E-state index is 12.4. The van der Waals surface area contributed by atoms with Crippen LogP contribution in [-0.4, -0.2) is 10.9 Å². The molecule has 28 heavy (non-hydrogen) atoms. The van der Waals surface area contributed by atoms with Gasteiger partial charge in [-0.3, -0.25) is 9.59 Å². The van der Waals surface area contributed by atoms with Crippen molar-refractivity contribution in [2.24, 2.45) is 0 Å². The standard InChI is InChI=1S/C22H21BrN2O3/c1-14-10-15(2)25-22(27)20(14)12-24-21(26)17-8-6-16(7-9-17)13-28-19-5-3-4-18(23)11-19/h3-11H,12-13H2,1-2H3,(H,24,26)(H,25,27). The number of hydrogen-bond acceptors (Lipinski definition) is 3. The van der Waals surface area contributed by atoms with E-state index in [-0.39, 0.29) is 18.0 Å². The number of ether oxygens (including phenoxy) is 1. The molecule has 3 aromatic rings. The number of halogens is 1. The summed E-state index contributed by atoms with van der Waals surface area (Å²) in [5.74, 6) is 0.550. The third kappa shape index (κ3) is 5.10. The smallest absolute Gasteiger partial charge is 0.253 e. The molecule has 0 atom stereocenters. The quantitative estimate of drug-likeness (QED) is 0.601. The molecule has 1 aromatic heterocycles. The molecule has 0 aliphatic rings. The first-order chi connectivity index (χ1) is 13.4. The highest BCUT2D eigenvalue weighted by Crippen LogP contribution is 2.19. The van der Waals surface area contributed by atoms with Gasteiger partial charge in [0.2, 0.25) is 0 Å². The lowest BCUT2D eigenvalue weighted by atomic mass is 10.1. The second-order valence-electron chi connectivity index (χ2n) is 6.57. The molecule has 144 valence electrons. The highest BCUT2D eigenvalue weighted by molar-refractivity contribution is 9.10. The molecular formula is C22H21BrN2O3. The van der Waals surface area contributed by atoms with Gasteiger partial charge in [0.1, 0.15) is 12.4 Å². The molecule has 2 N–H and O–H groups in total. The van der Waals surface area contributed by atoms with Gasteiger partial charge in [-0.05, 0) is 61.4 Å². The molecule has 0 radical (unpaired) electrons. The summed E-state index contributed by atoms with van der Waals surface area (Å²) in [7, 11) is 0. The lowest BCUT2D eigenvalue weighted by Gasteiger charge is -2.09. The minimum Gasteiger partial charge on any atom is -0.489 e. The van der Waals surface area contributed by atoms with Crippen LogP contribution in [0.5, 0.6) is 5.75 Å². The van der Waals surface area contributed by atoms with E-state index in [0.717, 1.165) is 27.0 Å². The Kier molecular flexibility index (Phi) is 6.31. The van der Waals surface area contributed by atoms with E-state index in [1.165, 1.54) is 0 Å². The maximum atomic E-state index is 12.4. The number of aromatic amines is 1. The van der Waals surface area contributed by atoms with Crippen molar-refractivity contribution < 1.29 is 9.53 Å². The summed E-state index contributed by atoms with van der Waals surface area (Å²) in [6.07, 6.45) is 0. The van der Waals surface area contributed by atoms with E-state index in [0.29, 0.717) is 17.7 Å². The number of carbonyl (C=O) groups excluding carboxylic acids is 1. The first-order valence-corrected chi connectivity index (χ1v) is 9.66. The molecule has 0 aliphatic heterocycles. The fourth-order valence-electron chi connectivity index (χ4n) is 2.85. The van der Waals surface area contributed by atoms with Crippen molar-refractivity contribution in [3.05, 3.63) is 97.4 Å². The summed E-state index contributed by atoms with van der Waals surface area (Å²) < 4.78 is 6.70. The van der Waals surface area contributed by atoms with Gasteiger partial charge in [0.15, 0.2) is 0 Å². The molecule has 3 rings (SSSR count). The number of rotatable bonds is 6. The van der Waals surface area contributed by atoms with Gasteiger partial charge < -0.3 is 15.0 Å². The third-order valence-corrected chi connectivity index (χ3v) is 4.83. The fourth-order valence-corrected chi connectivity index (χ4v) is 3.23. The largest absolute Gasteiger partial charge is 0.489 e. The SMILES string of the molecule is Cc1cc(C)c(CNC(=O)c2ccc(COc3cccc(Br)c3)cc2)c(=O)[nH]1. The van der Waals surface area contributed by atoms with Gasteiger partial charge in [-0.2, -0.15) is 0 Å². The Balaban J connectivity index is 1.58. The Morgan fingerprint density at radius 3 is 2.54 bits per heavy atom. The minimum atomic E-state index is -0.223. The number of aromatic nitrogens is 1. The number of amides is 1. The summed E-state index contributed by atoms with van der Waals surface area (Å²) in [5.41, 5.74) is 3.56. The zero-order valence-corrected chi connectivity index (χ0v) is 17.3. The lowest BCUT2D eigenvalue weighted by Crippen LogP contribution is -2.27. The van der Waals surface area contributed by atoms with E-state index >= 15 is 0 Å². The Labute approximate surface area is 171 Å². The topological polar surface area (TPSA) is 71.2 Å². The van der Waals surface area contributed by atoms with Crippen molar-refractivity contribution in [2.45, 2.75) is 27.0 Å². The van der Waals surface area contributed by atoms with Crippen molar-refractivity contribution in [1.82, 2.24) is 10.3 Å². The highest BCUT2D eigenvalue weighted by atomic mass is 79.9. The van der Waals surface area contributed by atoms with Crippen LogP contribution < -0.4 is 15.6 Å². The minimum absolute atomic E-state index is 0.169. The van der Waals surface area contributed by atoms with Crippen LogP contribution in [0.15, 0.2) is 63.9 Å². The predicted molar refractivity (Wildman–Crippen MR) is 113 cm³/mol. The zero-order chi connectivity index (χ0) is 20.1. The van der Waals surface area contributed by atoms with Crippen LogP contribution in [0.2, 0.25) is 0 Å². The van der Waals surface area contributed by atoms with Crippen molar-refractivity contribution >= 4 is 21.8 Å². The molecule has 2 aromatic carbocycles. The van der Waals surface area contributed by atoms with Crippen LogP contribution in [0, 0.1) is 13.8 Å². The van der Waals surface area contributed by atoms with Gasteiger partial charge >= 0.3 is 0 Å². The molecule has 0 saturated carbocycles. The van der Waals surface area contributed by atoms with Crippen LogP contribution in [0.3, 0.4) is 0 Å². The van der Waals surface area contributed by atoms with Gasteiger partial charge in [-0.1, -0.05) is 34.1 Å². The van der Waals surface area contributed by atoms with Crippen LogP contribution in [0.1, 0.15) is 32.7 Å². The number of H-pyrrole nitrogens is 1. The number of benzene rings is 2. The first-order valence-electron chi connectivity index (χ1n) is 8.87. The number of nitrogens with one attached hydrogen (secondary N) is 2. The Hall–Kier alpha value is -2.86. The maximum Gasteiger partial charge on any atom is 0.253 e. The van der Waals surface area contributed by atoms with Crippen molar-refractivity contribution in [3.8, 4) is 5.75 Å². The molecule has 0 unspecified atom stereocenters. The van der Waals surface area contributed by atoms with E-state index in [4.69, 9.17) is 4.74 Å². The molecule has 0 saturated heterocycles. The average Bonchev–Trinajstić information content (AvgIpc) is 2.66. The summed E-state index contributed by atoms with van der Waals surface area (Å²) in [6.45, 7) is 4.30. The zero-order valence-electron chi connectivity index (χ0n) is 15.7. The Morgan fingerprint density at radius 2 is 1.86 bits per heavy atom. The number of pyridine rings is 1. The van der Waals surface area contributed by atoms with Gasteiger partial charge in [0.25, 0.3) is 11.5 Å². The fraction of sp³-hybridized carbons (Fsp3) is 0.182. The number of hydrogen-bond donors (Lipinski definition) is 2. The third-order valence-electron chi connectivity index (χ3n) is 4.34. The molecule has 5 nitrogen and oxygen atoms in total. The normalized spacial score (nSPS) is 10.5. The van der Waals surface area contributed by atoms with Crippen molar-refractivity contribution in [3.63, 3.8) is 0 Å². The van der Waals surface area contributed by atoms with Crippen LogP contribution in [-0.2, 0) is 13.2 Å². The van der Waals surface area contributed by atoms with Gasteiger partial charge in [-0.15, -0.1) is 0 Å². The van der Waals surface area contributed by atoms with E-state index in [1.807, 2.05) is 56.3 Å². The molecular weight excluding hydrogens is 420 g/mol. The van der Waals surface area contributed by atoms with Gasteiger partial charge in [-0.25, -0.2) is 0 Å². The molecule has 1 heterocycles. The Morgan fingerprint density at radius 1 is 1.11 bits per heavy atom. The summed E-state index contributed by atoms with van der Waals surface area (Å²) in [4.78, 5) is 27.2. The second kappa shape index (κ2) is 8.89. The molecule has 0 bridgehead atoms. The molecule has 0 fully saturated rings. The molecule has 1 amide bonds. The summed E-state index contributed by atoms with van der Waals surface area (Å²) in [5, 5.41) is 2.80. The number of aryl methyl sites for hydroxylation is 2. The van der Waals surface area contributed by atoms with Crippen molar-refractivity contribution in [2.75, 3.05) is 0 Å². The average molecular weight is 441 g/mol. The monoisotopic (exact) mass is 440 g/mol. The Bertz CT molecular complexity index is 1040.